The van der Waals surface area contributed by atoms with Crippen molar-refractivity contribution in [2.45, 2.75) is 37.2 Å². The van der Waals surface area contributed by atoms with Gasteiger partial charge in [-0.1, -0.05) is 17.7 Å². The summed E-state index contributed by atoms with van der Waals surface area (Å²) in [5, 5.41) is 0. The van der Waals surface area contributed by atoms with Gasteiger partial charge in [0, 0.05) is 19.7 Å². The van der Waals surface area contributed by atoms with Crippen LogP contribution in [0.2, 0.25) is 0 Å². The maximum atomic E-state index is 12.5. The van der Waals surface area contributed by atoms with E-state index in [9.17, 15) is 8.42 Å². The second kappa shape index (κ2) is 8.84. The van der Waals surface area contributed by atoms with Crippen LogP contribution in [-0.2, 0) is 14.8 Å². The highest BCUT2D eigenvalue weighted by Gasteiger charge is 2.29. The molecule has 2 rings (SSSR count). The molecule has 2 N–H and O–H groups in total. The predicted octanol–water partition coefficient (Wildman–Crippen LogP) is 1.94. The average molecular weight is 349 g/mol. The van der Waals surface area contributed by atoms with E-state index in [1.807, 2.05) is 19.1 Å². The van der Waals surface area contributed by atoms with Crippen molar-refractivity contribution in [2.24, 2.45) is 5.73 Å². The maximum absolute atomic E-state index is 12.5. The molecule has 0 aliphatic carbocycles. The lowest BCUT2D eigenvalue weighted by atomic mass is 10.1. The van der Waals surface area contributed by atoms with Gasteiger partial charge in [0.25, 0.3) is 0 Å². The Morgan fingerprint density at radius 1 is 1.23 bits per heavy atom. The van der Waals surface area contributed by atoms with Crippen LogP contribution in [0.4, 0.5) is 0 Å². The van der Waals surface area contributed by atoms with Gasteiger partial charge < -0.3 is 10.5 Å². The van der Waals surface area contributed by atoms with Crippen LogP contribution in [0.15, 0.2) is 29.2 Å². The van der Waals surface area contributed by atoms with Crippen LogP contribution in [0, 0.1) is 6.92 Å². The van der Waals surface area contributed by atoms with E-state index >= 15 is 0 Å². The number of hydrogen-bond donors (Lipinski definition) is 1. The molecule has 0 saturated carbocycles. The van der Waals surface area contributed by atoms with Crippen molar-refractivity contribution in [3.05, 3.63) is 29.8 Å². The number of hydrogen-bond acceptors (Lipinski definition) is 4. The van der Waals surface area contributed by atoms with Crippen molar-refractivity contribution in [2.75, 3.05) is 26.2 Å². The van der Waals surface area contributed by atoms with Crippen molar-refractivity contribution in [3.63, 3.8) is 0 Å². The summed E-state index contributed by atoms with van der Waals surface area (Å²) in [7, 11) is -3.37. The van der Waals surface area contributed by atoms with Gasteiger partial charge in [0.1, 0.15) is 0 Å². The molecular weight excluding hydrogens is 324 g/mol. The summed E-state index contributed by atoms with van der Waals surface area (Å²) in [6, 6.07) is 7.01. The number of sulfonamides is 1. The number of benzene rings is 1. The molecule has 1 aliphatic rings. The van der Waals surface area contributed by atoms with Crippen molar-refractivity contribution in [1.82, 2.24) is 4.31 Å². The summed E-state index contributed by atoms with van der Waals surface area (Å²) in [5.74, 6) is 0. The number of rotatable bonds is 6. The normalized spacial score (nSPS) is 17.2. The quantitative estimate of drug-likeness (QED) is 0.797. The zero-order chi connectivity index (χ0) is 15.3. The monoisotopic (exact) mass is 348 g/mol. The summed E-state index contributed by atoms with van der Waals surface area (Å²) in [5.41, 5.74) is 6.49. The van der Waals surface area contributed by atoms with Gasteiger partial charge in [0.2, 0.25) is 10.0 Å². The highest BCUT2D eigenvalue weighted by molar-refractivity contribution is 7.89. The molecule has 7 heteroatoms. The minimum absolute atomic E-state index is 0. The lowest BCUT2D eigenvalue weighted by Crippen LogP contribution is -2.40. The van der Waals surface area contributed by atoms with Crippen molar-refractivity contribution in [3.8, 4) is 0 Å². The van der Waals surface area contributed by atoms with Gasteiger partial charge in [-0.3, -0.25) is 0 Å². The molecular formula is C15H25ClN2O3S. The highest BCUT2D eigenvalue weighted by Crippen LogP contribution is 2.22. The van der Waals surface area contributed by atoms with Crippen molar-refractivity contribution >= 4 is 22.4 Å². The first kappa shape index (κ1) is 19.4. The molecule has 1 aliphatic heterocycles. The molecule has 0 atom stereocenters. The van der Waals surface area contributed by atoms with Crippen LogP contribution >= 0.6 is 12.4 Å². The molecule has 1 aromatic carbocycles. The predicted molar refractivity (Wildman–Crippen MR) is 89.8 cm³/mol. The number of piperidine rings is 1. The standard InChI is InChI=1S/C15H24N2O3S.ClH/c1-13-3-5-15(6-4-13)21(18,19)17-10-7-14(8-11-17)20-12-2-9-16;/h3-6,14H,2,7-12,16H2,1H3;1H. The zero-order valence-electron chi connectivity index (χ0n) is 12.9. The Bertz CT molecular complexity index is 540. The zero-order valence-corrected chi connectivity index (χ0v) is 14.5. The highest BCUT2D eigenvalue weighted by atomic mass is 35.5. The van der Waals surface area contributed by atoms with E-state index < -0.39 is 10.0 Å². The molecule has 0 spiro atoms. The first-order valence-electron chi connectivity index (χ1n) is 7.42. The molecule has 0 aromatic heterocycles. The molecule has 22 heavy (non-hydrogen) atoms. The third-order valence-corrected chi connectivity index (χ3v) is 5.67. The topological polar surface area (TPSA) is 72.6 Å². The van der Waals surface area contributed by atoms with Crippen LogP contribution in [0.3, 0.4) is 0 Å². The van der Waals surface area contributed by atoms with Gasteiger partial charge in [-0.15, -0.1) is 12.4 Å². The molecule has 0 radical (unpaired) electrons. The van der Waals surface area contributed by atoms with E-state index in [1.54, 1.807) is 16.4 Å². The van der Waals surface area contributed by atoms with Gasteiger partial charge in [0.15, 0.2) is 0 Å². The molecule has 1 heterocycles. The number of aryl methyl sites for hydroxylation is 1. The molecule has 0 unspecified atom stereocenters. The Kier molecular flexibility index (Phi) is 7.79. The van der Waals surface area contributed by atoms with Crippen molar-refractivity contribution in [1.29, 1.82) is 0 Å². The fourth-order valence-corrected chi connectivity index (χ4v) is 3.90. The van der Waals surface area contributed by atoms with E-state index in [0.717, 1.165) is 24.8 Å². The molecule has 5 nitrogen and oxygen atoms in total. The van der Waals surface area contributed by atoms with E-state index in [-0.39, 0.29) is 18.5 Å². The van der Waals surface area contributed by atoms with Crippen LogP contribution in [0.1, 0.15) is 24.8 Å². The van der Waals surface area contributed by atoms with Gasteiger partial charge in [-0.05, 0) is 44.9 Å². The SMILES string of the molecule is Cc1ccc(S(=O)(=O)N2CCC(OCCCN)CC2)cc1.Cl. The fraction of sp³-hybridized carbons (Fsp3) is 0.600. The largest absolute Gasteiger partial charge is 0.378 e. The van der Waals surface area contributed by atoms with E-state index in [4.69, 9.17) is 10.5 Å². The third kappa shape index (κ3) is 4.93. The average Bonchev–Trinajstić information content (AvgIpc) is 2.48. The fourth-order valence-electron chi connectivity index (χ4n) is 2.43. The molecule has 1 saturated heterocycles. The van der Waals surface area contributed by atoms with Crippen LogP contribution in [0.25, 0.3) is 0 Å². The van der Waals surface area contributed by atoms with Gasteiger partial charge in [0.05, 0.1) is 11.0 Å². The molecule has 1 aromatic rings. The minimum Gasteiger partial charge on any atom is -0.378 e. The summed E-state index contributed by atoms with van der Waals surface area (Å²) >= 11 is 0. The summed E-state index contributed by atoms with van der Waals surface area (Å²) in [4.78, 5) is 0.371. The molecule has 126 valence electrons. The van der Waals surface area contributed by atoms with Crippen LogP contribution in [-0.4, -0.2) is 45.1 Å². The van der Waals surface area contributed by atoms with Crippen LogP contribution in [0.5, 0.6) is 0 Å². The first-order valence-corrected chi connectivity index (χ1v) is 8.86. The number of nitrogens with two attached hydrogens (primary N) is 1. The summed E-state index contributed by atoms with van der Waals surface area (Å²) in [6.45, 7) is 4.26. The van der Waals surface area contributed by atoms with Crippen LogP contribution < -0.4 is 5.73 Å². The third-order valence-electron chi connectivity index (χ3n) is 3.76. The second-order valence-corrected chi connectivity index (χ2v) is 7.37. The molecule has 0 bridgehead atoms. The minimum atomic E-state index is -3.37. The lowest BCUT2D eigenvalue weighted by Gasteiger charge is -2.31. The summed E-state index contributed by atoms with van der Waals surface area (Å²) in [6.07, 6.45) is 2.49. The Hall–Kier alpha value is -0.660. The number of ether oxygens (including phenoxy) is 1. The number of halogens is 1. The molecule has 1 fully saturated rings. The second-order valence-electron chi connectivity index (χ2n) is 5.43. The molecule has 0 amide bonds. The smallest absolute Gasteiger partial charge is 0.243 e. The Morgan fingerprint density at radius 2 is 1.82 bits per heavy atom. The Balaban J connectivity index is 0.00000242. The van der Waals surface area contributed by atoms with E-state index in [0.29, 0.717) is 31.1 Å². The Labute approximate surface area is 139 Å². The first-order chi connectivity index (χ1) is 10.0. The van der Waals surface area contributed by atoms with Gasteiger partial charge in [-0.2, -0.15) is 4.31 Å². The lowest BCUT2D eigenvalue weighted by molar-refractivity contribution is 0.0209. The Morgan fingerprint density at radius 3 is 2.36 bits per heavy atom. The van der Waals surface area contributed by atoms with Crippen molar-refractivity contribution < 1.29 is 13.2 Å². The maximum Gasteiger partial charge on any atom is 0.243 e. The number of nitrogens with zero attached hydrogens (tertiary/aromatic N) is 1. The van der Waals surface area contributed by atoms with Gasteiger partial charge >= 0.3 is 0 Å². The van der Waals surface area contributed by atoms with E-state index in [1.165, 1.54) is 0 Å². The van der Waals surface area contributed by atoms with Gasteiger partial charge in [-0.25, -0.2) is 8.42 Å². The summed E-state index contributed by atoms with van der Waals surface area (Å²) < 4.78 is 32.3. The van der Waals surface area contributed by atoms with E-state index in [2.05, 4.69) is 0 Å².